The normalized spacial score (nSPS) is 16.6. The van der Waals surface area contributed by atoms with E-state index in [1.54, 1.807) is 0 Å². The van der Waals surface area contributed by atoms with Crippen molar-refractivity contribution in [2.24, 2.45) is 0 Å². The Morgan fingerprint density at radius 2 is 2.06 bits per heavy atom. The number of anilines is 1. The van der Waals surface area contributed by atoms with Crippen LogP contribution in [0.15, 0.2) is 18.2 Å². The first kappa shape index (κ1) is 13.4. The molecular weight excluding hydrogens is 224 g/mol. The minimum absolute atomic E-state index is 0.544. The Kier molecular flexibility index (Phi) is 3.93. The summed E-state index contributed by atoms with van der Waals surface area (Å²) in [4.78, 5) is 2.34. The average molecular weight is 248 g/mol. The fraction of sp³-hybridized carbons (Fsp3) is 0.600. The minimum atomic E-state index is -0.544. The highest BCUT2D eigenvalue weighted by Gasteiger charge is 2.27. The molecule has 0 amide bonds. The van der Waals surface area contributed by atoms with E-state index in [1.807, 2.05) is 12.1 Å². The number of nitrogen functional groups attached to an aromatic ring is 1. The van der Waals surface area contributed by atoms with Crippen LogP contribution in [0.25, 0.3) is 0 Å². The van der Waals surface area contributed by atoms with Gasteiger partial charge in [-0.25, -0.2) is 0 Å². The standard InChI is InChI=1S/C15H24N2O/c1-3-15(18,4-2)11-17-9-8-13-12(10-17)6-5-7-14(13)16/h5-7,18H,3-4,8-11,16H2,1-2H3. The van der Waals surface area contributed by atoms with Crippen molar-refractivity contribution in [3.63, 3.8) is 0 Å². The van der Waals surface area contributed by atoms with Crippen LogP contribution in [0.2, 0.25) is 0 Å². The van der Waals surface area contributed by atoms with Gasteiger partial charge >= 0.3 is 0 Å². The monoisotopic (exact) mass is 248 g/mol. The van der Waals surface area contributed by atoms with Crippen molar-refractivity contribution in [3.8, 4) is 0 Å². The number of hydrogen-bond donors (Lipinski definition) is 2. The van der Waals surface area contributed by atoms with Gasteiger partial charge in [-0.05, 0) is 36.5 Å². The van der Waals surface area contributed by atoms with Crippen LogP contribution >= 0.6 is 0 Å². The third-order valence-electron chi connectivity index (χ3n) is 4.22. The molecule has 1 aromatic carbocycles. The number of aliphatic hydroxyl groups is 1. The zero-order valence-corrected chi connectivity index (χ0v) is 11.4. The molecule has 100 valence electrons. The highest BCUT2D eigenvalue weighted by atomic mass is 16.3. The van der Waals surface area contributed by atoms with E-state index in [9.17, 15) is 5.11 Å². The molecule has 3 nitrogen and oxygen atoms in total. The molecule has 0 radical (unpaired) electrons. The first-order chi connectivity index (χ1) is 8.58. The molecule has 3 heteroatoms. The summed E-state index contributed by atoms with van der Waals surface area (Å²) in [5.41, 5.74) is 8.98. The molecule has 0 aromatic heterocycles. The van der Waals surface area contributed by atoms with E-state index >= 15 is 0 Å². The molecule has 0 unspecified atom stereocenters. The number of nitrogens with two attached hydrogens (primary N) is 1. The van der Waals surface area contributed by atoms with E-state index in [1.165, 1.54) is 11.1 Å². The first-order valence-electron chi connectivity index (χ1n) is 6.89. The van der Waals surface area contributed by atoms with E-state index in [-0.39, 0.29) is 0 Å². The molecule has 2 rings (SSSR count). The molecule has 0 atom stereocenters. The van der Waals surface area contributed by atoms with Crippen LogP contribution in [-0.4, -0.2) is 28.7 Å². The van der Waals surface area contributed by atoms with Crippen LogP contribution in [0.3, 0.4) is 0 Å². The molecule has 0 bridgehead atoms. The second-order valence-electron chi connectivity index (χ2n) is 5.38. The topological polar surface area (TPSA) is 49.5 Å². The quantitative estimate of drug-likeness (QED) is 0.803. The predicted molar refractivity (Wildman–Crippen MR) is 75.4 cm³/mol. The van der Waals surface area contributed by atoms with Gasteiger partial charge in [0.2, 0.25) is 0 Å². The maximum atomic E-state index is 10.4. The Morgan fingerprint density at radius 1 is 1.33 bits per heavy atom. The van der Waals surface area contributed by atoms with Gasteiger partial charge in [0.25, 0.3) is 0 Å². The molecule has 0 spiro atoms. The summed E-state index contributed by atoms with van der Waals surface area (Å²) in [5, 5.41) is 10.4. The fourth-order valence-corrected chi connectivity index (χ4v) is 2.72. The van der Waals surface area contributed by atoms with Crippen molar-refractivity contribution in [1.82, 2.24) is 4.90 Å². The molecule has 1 aliphatic rings. The minimum Gasteiger partial charge on any atom is -0.398 e. The zero-order chi connectivity index (χ0) is 13.2. The number of nitrogens with zero attached hydrogens (tertiary/aromatic N) is 1. The molecule has 0 fully saturated rings. The predicted octanol–water partition coefficient (Wildman–Crippen LogP) is 2.18. The molecular formula is C15H24N2O. The van der Waals surface area contributed by atoms with E-state index in [2.05, 4.69) is 24.8 Å². The lowest BCUT2D eigenvalue weighted by Gasteiger charge is -2.36. The van der Waals surface area contributed by atoms with Gasteiger partial charge in [-0.2, -0.15) is 0 Å². The second kappa shape index (κ2) is 5.29. The summed E-state index contributed by atoms with van der Waals surface area (Å²) >= 11 is 0. The maximum Gasteiger partial charge on any atom is 0.0769 e. The highest BCUT2D eigenvalue weighted by Crippen LogP contribution is 2.26. The largest absolute Gasteiger partial charge is 0.398 e. The summed E-state index contributed by atoms with van der Waals surface area (Å²) < 4.78 is 0. The van der Waals surface area contributed by atoms with Crippen LogP contribution < -0.4 is 5.73 Å². The van der Waals surface area contributed by atoms with Crippen molar-refractivity contribution < 1.29 is 5.11 Å². The number of rotatable bonds is 4. The number of fused-ring (bicyclic) bond motifs is 1. The van der Waals surface area contributed by atoms with Gasteiger partial charge in [-0.3, -0.25) is 4.90 Å². The van der Waals surface area contributed by atoms with Crippen molar-refractivity contribution in [2.45, 2.75) is 45.3 Å². The lowest BCUT2D eigenvalue weighted by molar-refractivity contribution is -0.00682. The Morgan fingerprint density at radius 3 is 2.72 bits per heavy atom. The molecule has 0 aliphatic carbocycles. The van der Waals surface area contributed by atoms with Gasteiger partial charge in [0, 0.05) is 25.3 Å². The Bertz CT molecular complexity index is 413. The van der Waals surface area contributed by atoms with E-state index in [0.717, 1.165) is 44.6 Å². The molecule has 0 saturated carbocycles. The van der Waals surface area contributed by atoms with E-state index in [4.69, 9.17) is 5.73 Å². The highest BCUT2D eigenvalue weighted by molar-refractivity contribution is 5.51. The van der Waals surface area contributed by atoms with Gasteiger partial charge in [0.05, 0.1) is 5.60 Å². The Hall–Kier alpha value is -1.06. The van der Waals surface area contributed by atoms with Crippen molar-refractivity contribution in [2.75, 3.05) is 18.8 Å². The summed E-state index contributed by atoms with van der Waals surface area (Å²) in [6.07, 6.45) is 2.61. The fourth-order valence-electron chi connectivity index (χ4n) is 2.72. The summed E-state index contributed by atoms with van der Waals surface area (Å²) in [5.74, 6) is 0. The summed E-state index contributed by atoms with van der Waals surface area (Å²) in [7, 11) is 0. The Balaban J connectivity index is 2.08. The first-order valence-corrected chi connectivity index (χ1v) is 6.89. The van der Waals surface area contributed by atoms with E-state index < -0.39 is 5.60 Å². The molecule has 18 heavy (non-hydrogen) atoms. The van der Waals surface area contributed by atoms with Crippen molar-refractivity contribution in [3.05, 3.63) is 29.3 Å². The van der Waals surface area contributed by atoms with Crippen LogP contribution in [-0.2, 0) is 13.0 Å². The third-order valence-corrected chi connectivity index (χ3v) is 4.22. The zero-order valence-electron chi connectivity index (χ0n) is 11.4. The third kappa shape index (κ3) is 2.68. The SMILES string of the molecule is CCC(O)(CC)CN1CCc2c(N)cccc2C1. The smallest absolute Gasteiger partial charge is 0.0769 e. The van der Waals surface area contributed by atoms with Gasteiger partial charge in [0.1, 0.15) is 0 Å². The molecule has 3 N–H and O–H groups in total. The van der Waals surface area contributed by atoms with Gasteiger partial charge in [-0.1, -0.05) is 26.0 Å². The van der Waals surface area contributed by atoms with Crippen molar-refractivity contribution >= 4 is 5.69 Å². The van der Waals surface area contributed by atoms with Crippen LogP contribution in [0.1, 0.15) is 37.8 Å². The molecule has 1 aliphatic heterocycles. The number of β-amino-alcohol motifs (C(OH)–C–C–N with tert-alkyl or cyclic N) is 1. The van der Waals surface area contributed by atoms with Gasteiger partial charge < -0.3 is 10.8 Å². The lowest BCUT2D eigenvalue weighted by Crippen LogP contribution is -2.44. The van der Waals surface area contributed by atoms with Gasteiger partial charge in [0.15, 0.2) is 0 Å². The van der Waals surface area contributed by atoms with E-state index in [0.29, 0.717) is 0 Å². The molecule has 1 aromatic rings. The average Bonchev–Trinajstić information content (AvgIpc) is 2.39. The molecule has 0 saturated heterocycles. The van der Waals surface area contributed by atoms with Crippen LogP contribution in [0, 0.1) is 0 Å². The van der Waals surface area contributed by atoms with Crippen LogP contribution in [0.4, 0.5) is 5.69 Å². The Labute approximate surface area is 110 Å². The van der Waals surface area contributed by atoms with Crippen molar-refractivity contribution in [1.29, 1.82) is 0 Å². The number of benzene rings is 1. The lowest BCUT2D eigenvalue weighted by atomic mass is 9.93. The van der Waals surface area contributed by atoms with Crippen LogP contribution in [0.5, 0.6) is 0 Å². The molecule has 1 heterocycles. The summed E-state index contributed by atoms with van der Waals surface area (Å²) in [6.45, 7) is 6.76. The summed E-state index contributed by atoms with van der Waals surface area (Å²) in [6, 6.07) is 6.14. The number of hydrogen-bond acceptors (Lipinski definition) is 3. The second-order valence-corrected chi connectivity index (χ2v) is 5.38. The maximum absolute atomic E-state index is 10.4. The van der Waals surface area contributed by atoms with Gasteiger partial charge in [-0.15, -0.1) is 0 Å².